The van der Waals surface area contributed by atoms with Gasteiger partial charge >= 0.3 is 0 Å². The molecule has 0 aliphatic rings. The predicted octanol–water partition coefficient (Wildman–Crippen LogP) is 3.00. The van der Waals surface area contributed by atoms with E-state index in [-0.39, 0.29) is 11.5 Å². The molecule has 0 aromatic rings. The normalized spacial score (nSPS) is 15.9. The lowest BCUT2D eigenvalue weighted by atomic mass is 9.94. The summed E-state index contributed by atoms with van der Waals surface area (Å²) in [5.41, 5.74) is 0.179. The Morgan fingerprint density at radius 3 is 2.08 bits per heavy atom. The molecule has 1 unspecified atom stereocenters. The van der Waals surface area contributed by atoms with Crippen LogP contribution < -0.4 is 0 Å². The Morgan fingerprint density at radius 2 is 1.75 bits per heavy atom. The van der Waals surface area contributed by atoms with Gasteiger partial charge in [-0.05, 0) is 17.8 Å². The van der Waals surface area contributed by atoms with Crippen LogP contribution in [0.1, 0.15) is 41.0 Å². The zero-order chi connectivity index (χ0) is 9.78. The number of aliphatic hydroxyl groups excluding tert-OH is 1. The molecule has 0 amide bonds. The molecule has 0 radical (unpaired) electrons. The van der Waals surface area contributed by atoms with E-state index in [9.17, 15) is 5.11 Å². The molecule has 0 bridgehead atoms. The Kier molecular flexibility index (Phi) is 4.54. The van der Waals surface area contributed by atoms with Crippen molar-refractivity contribution in [3.63, 3.8) is 0 Å². The molecule has 0 saturated carbocycles. The van der Waals surface area contributed by atoms with Gasteiger partial charge in [-0.3, -0.25) is 0 Å². The molecule has 0 rings (SSSR count). The molecule has 0 aromatic heterocycles. The number of hydrogen-bond donors (Lipinski definition) is 1. The van der Waals surface area contributed by atoms with E-state index in [4.69, 9.17) is 0 Å². The number of hydrogen-bond acceptors (Lipinski definition) is 1. The van der Waals surface area contributed by atoms with Crippen LogP contribution in [0.3, 0.4) is 0 Å². The summed E-state index contributed by atoms with van der Waals surface area (Å²) in [4.78, 5) is 0. The largest absolute Gasteiger partial charge is 0.389 e. The third kappa shape index (κ3) is 7.80. The standard InChI is InChI=1S/C11H22O/c1-9(2)8-10(12)6-7-11(3,4)5/h6-7,9-10,12H,8H2,1-5H3/b7-6+. The molecule has 1 N–H and O–H groups in total. The van der Waals surface area contributed by atoms with Gasteiger partial charge in [0.25, 0.3) is 0 Å². The molecular formula is C11H22O. The van der Waals surface area contributed by atoms with Gasteiger partial charge in [0.15, 0.2) is 0 Å². The van der Waals surface area contributed by atoms with Gasteiger partial charge < -0.3 is 5.11 Å². The second-order valence-corrected chi connectivity index (χ2v) is 4.92. The van der Waals surface area contributed by atoms with E-state index in [0.29, 0.717) is 5.92 Å². The van der Waals surface area contributed by atoms with Crippen LogP contribution in [0.4, 0.5) is 0 Å². The number of aliphatic hydroxyl groups is 1. The second kappa shape index (κ2) is 4.66. The summed E-state index contributed by atoms with van der Waals surface area (Å²) < 4.78 is 0. The summed E-state index contributed by atoms with van der Waals surface area (Å²) in [5.74, 6) is 0.560. The highest BCUT2D eigenvalue weighted by Crippen LogP contribution is 2.16. The number of allylic oxidation sites excluding steroid dienone is 1. The van der Waals surface area contributed by atoms with Crippen molar-refractivity contribution in [2.24, 2.45) is 11.3 Å². The van der Waals surface area contributed by atoms with Crippen LogP contribution >= 0.6 is 0 Å². The summed E-state index contributed by atoms with van der Waals surface area (Å²) in [6.45, 7) is 10.6. The average Bonchev–Trinajstić information content (AvgIpc) is 1.80. The Labute approximate surface area is 76.5 Å². The van der Waals surface area contributed by atoms with Gasteiger partial charge in [0.2, 0.25) is 0 Å². The van der Waals surface area contributed by atoms with Gasteiger partial charge in [0.05, 0.1) is 6.10 Å². The van der Waals surface area contributed by atoms with Crippen molar-refractivity contribution in [1.82, 2.24) is 0 Å². The van der Waals surface area contributed by atoms with E-state index < -0.39 is 0 Å². The van der Waals surface area contributed by atoms with Crippen molar-refractivity contribution >= 4 is 0 Å². The summed E-state index contributed by atoms with van der Waals surface area (Å²) >= 11 is 0. The third-order valence-electron chi connectivity index (χ3n) is 1.53. The molecular weight excluding hydrogens is 148 g/mol. The minimum atomic E-state index is -0.274. The highest BCUT2D eigenvalue weighted by Gasteiger charge is 2.07. The van der Waals surface area contributed by atoms with Crippen molar-refractivity contribution in [1.29, 1.82) is 0 Å². The molecule has 0 spiro atoms. The first kappa shape index (κ1) is 11.7. The molecule has 0 aliphatic heterocycles. The van der Waals surface area contributed by atoms with E-state index in [1.54, 1.807) is 0 Å². The Bertz CT molecular complexity index is 140. The molecule has 1 nitrogen and oxygen atoms in total. The molecule has 72 valence electrons. The van der Waals surface area contributed by atoms with Crippen LogP contribution in [-0.4, -0.2) is 11.2 Å². The first-order chi connectivity index (χ1) is 5.31. The predicted molar refractivity (Wildman–Crippen MR) is 54.1 cm³/mol. The van der Waals surface area contributed by atoms with Crippen LogP contribution in [0.25, 0.3) is 0 Å². The number of rotatable bonds is 3. The van der Waals surface area contributed by atoms with Crippen LogP contribution in [0, 0.1) is 11.3 Å². The fraction of sp³-hybridized carbons (Fsp3) is 0.818. The SMILES string of the molecule is CC(C)CC(O)/C=C/C(C)(C)C. The lowest BCUT2D eigenvalue weighted by molar-refractivity contribution is 0.193. The monoisotopic (exact) mass is 170 g/mol. The van der Waals surface area contributed by atoms with Gasteiger partial charge in [-0.2, -0.15) is 0 Å². The smallest absolute Gasteiger partial charge is 0.0723 e. The fourth-order valence-corrected chi connectivity index (χ4v) is 0.961. The van der Waals surface area contributed by atoms with Crippen molar-refractivity contribution < 1.29 is 5.11 Å². The molecule has 1 heteroatoms. The van der Waals surface area contributed by atoms with Crippen LogP contribution in [0.5, 0.6) is 0 Å². The van der Waals surface area contributed by atoms with Crippen LogP contribution in [0.15, 0.2) is 12.2 Å². The second-order valence-electron chi connectivity index (χ2n) is 4.92. The van der Waals surface area contributed by atoms with Crippen LogP contribution in [0.2, 0.25) is 0 Å². The van der Waals surface area contributed by atoms with Gasteiger partial charge in [-0.25, -0.2) is 0 Å². The quantitative estimate of drug-likeness (QED) is 0.646. The van der Waals surface area contributed by atoms with Gasteiger partial charge in [-0.15, -0.1) is 0 Å². The average molecular weight is 170 g/mol. The molecule has 0 heterocycles. The molecule has 12 heavy (non-hydrogen) atoms. The summed E-state index contributed by atoms with van der Waals surface area (Å²) in [6, 6.07) is 0. The highest BCUT2D eigenvalue weighted by atomic mass is 16.3. The van der Waals surface area contributed by atoms with Gasteiger partial charge in [0, 0.05) is 0 Å². The van der Waals surface area contributed by atoms with Gasteiger partial charge in [0.1, 0.15) is 0 Å². The molecule has 0 aliphatic carbocycles. The molecule has 0 aromatic carbocycles. The lowest BCUT2D eigenvalue weighted by Gasteiger charge is -2.14. The summed E-state index contributed by atoms with van der Waals surface area (Å²) in [6.07, 6.45) is 4.55. The van der Waals surface area contributed by atoms with Crippen molar-refractivity contribution in [2.45, 2.75) is 47.1 Å². The van der Waals surface area contributed by atoms with E-state index in [2.05, 4.69) is 40.7 Å². The zero-order valence-electron chi connectivity index (χ0n) is 8.96. The Morgan fingerprint density at radius 1 is 1.25 bits per heavy atom. The zero-order valence-corrected chi connectivity index (χ0v) is 8.96. The van der Waals surface area contributed by atoms with Gasteiger partial charge in [-0.1, -0.05) is 46.8 Å². The minimum absolute atomic E-state index is 0.179. The van der Waals surface area contributed by atoms with Crippen LogP contribution in [-0.2, 0) is 0 Å². The Hall–Kier alpha value is -0.300. The van der Waals surface area contributed by atoms with E-state index in [1.807, 2.05) is 6.08 Å². The van der Waals surface area contributed by atoms with Crippen molar-refractivity contribution in [3.8, 4) is 0 Å². The topological polar surface area (TPSA) is 20.2 Å². The molecule has 1 atom stereocenters. The van der Waals surface area contributed by atoms with E-state index >= 15 is 0 Å². The summed E-state index contributed by atoms with van der Waals surface area (Å²) in [5, 5.41) is 9.50. The third-order valence-corrected chi connectivity index (χ3v) is 1.53. The first-order valence-electron chi connectivity index (χ1n) is 4.68. The first-order valence-corrected chi connectivity index (χ1v) is 4.68. The minimum Gasteiger partial charge on any atom is -0.389 e. The van der Waals surface area contributed by atoms with Crippen molar-refractivity contribution in [2.75, 3.05) is 0 Å². The highest BCUT2D eigenvalue weighted by molar-refractivity contribution is 4.96. The maximum Gasteiger partial charge on any atom is 0.0723 e. The fourth-order valence-electron chi connectivity index (χ4n) is 0.961. The van der Waals surface area contributed by atoms with E-state index in [0.717, 1.165) is 6.42 Å². The van der Waals surface area contributed by atoms with E-state index in [1.165, 1.54) is 0 Å². The molecule has 0 saturated heterocycles. The summed E-state index contributed by atoms with van der Waals surface area (Å²) in [7, 11) is 0. The van der Waals surface area contributed by atoms with Crippen molar-refractivity contribution in [3.05, 3.63) is 12.2 Å². The maximum atomic E-state index is 9.50. The maximum absolute atomic E-state index is 9.50. The molecule has 0 fully saturated rings. The lowest BCUT2D eigenvalue weighted by Crippen LogP contribution is -2.08. The Balaban J connectivity index is 3.83.